The fraction of sp³-hybridized carbons (Fsp3) is 0.588. The third-order valence-electron chi connectivity index (χ3n) is 4.53. The SMILES string of the molecule is CC(C)(C)S(=O)(=O)CCC1(C#N)CCCc2ccccc21. The summed E-state index contributed by atoms with van der Waals surface area (Å²) >= 11 is 0. The van der Waals surface area contributed by atoms with E-state index in [1.807, 2.05) is 18.2 Å². The number of sulfone groups is 1. The minimum Gasteiger partial charge on any atom is -0.228 e. The molecule has 114 valence electrons. The summed E-state index contributed by atoms with van der Waals surface area (Å²) in [5.41, 5.74) is 1.58. The summed E-state index contributed by atoms with van der Waals surface area (Å²) in [5.74, 6) is 0.0679. The molecule has 1 aliphatic rings. The lowest BCUT2D eigenvalue weighted by Crippen LogP contribution is -2.36. The van der Waals surface area contributed by atoms with Gasteiger partial charge >= 0.3 is 0 Å². The average molecular weight is 305 g/mol. The number of aryl methyl sites for hydroxylation is 1. The van der Waals surface area contributed by atoms with Gasteiger partial charge in [0, 0.05) is 0 Å². The molecule has 1 atom stereocenters. The zero-order valence-electron chi connectivity index (χ0n) is 13.0. The Labute approximate surface area is 127 Å². The van der Waals surface area contributed by atoms with Crippen LogP contribution in [0.4, 0.5) is 0 Å². The molecule has 0 N–H and O–H groups in total. The molecule has 21 heavy (non-hydrogen) atoms. The standard InChI is InChI=1S/C17H23NO2S/c1-16(2,3)21(19,20)12-11-17(13-18)10-6-8-14-7-4-5-9-15(14)17/h4-5,7,9H,6,8,10-12H2,1-3H3. The fourth-order valence-electron chi connectivity index (χ4n) is 2.97. The van der Waals surface area contributed by atoms with Crippen molar-refractivity contribution in [2.75, 3.05) is 5.75 Å². The van der Waals surface area contributed by atoms with Gasteiger partial charge in [0.2, 0.25) is 0 Å². The number of hydrogen-bond acceptors (Lipinski definition) is 3. The Morgan fingerprint density at radius 1 is 1.29 bits per heavy atom. The summed E-state index contributed by atoms with van der Waals surface area (Å²) in [4.78, 5) is 0. The van der Waals surface area contributed by atoms with Crippen LogP contribution in [0.3, 0.4) is 0 Å². The van der Waals surface area contributed by atoms with Crippen molar-refractivity contribution in [3.05, 3.63) is 35.4 Å². The van der Waals surface area contributed by atoms with Gasteiger partial charge in [-0.3, -0.25) is 0 Å². The van der Waals surface area contributed by atoms with E-state index in [4.69, 9.17) is 0 Å². The number of nitriles is 1. The van der Waals surface area contributed by atoms with Crippen molar-refractivity contribution >= 4 is 9.84 Å². The van der Waals surface area contributed by atoms with Crippen molar-refractivity contribution in [3.63, 3.8) is 0 Å². The van der Waals surface area contributed by atoms with E-state index in [2.05, 4.69) is 12.1 Å². The van der Waals surface area contributed by atoms with Crippen LogP contribution in [0.2, 0.25) is 0 Å². The number of hydrogen-bond donors (Lipinski definition) is 0. The number of benzene rings is 1. The lowest BCUT2D eigenvalue weighted by molar-refractivity contribution is 0.436. The van der Waals surface area contributed by atoms with E-state index in [9.17, 15) is 13.7 Å². The van der Waals surface area contributed by atoms with E-state index < -0.39 is 20.0 Å². The molecule has 1 aromatic carbocycles. The molecule has 0 aromatic heterocycles. The third kappa shape index (κ3) is 2.98. The number of nitrogens with zero attached hydrogens (tertiary/aromatic N) is 1. The molecule has 1 aromatic rings. The summed E-state index contributed by atoms with van der Waals surface area (Å²) in [5, 5.41) is 9.74. The van der Waals surface area contributed by atoms with Crippen LogP contribution < -0.4 is 0 Å². The van der Waals surface area contributed by atoms with Crippen molar-refractivity contribution in [2.24, 2.45) is 0 Å². The van der Waals surface area contributed by atoms with E-state index in [0.29, 0.717) is 6.42 Å². The molecular formula is C17H23NO2S. The Balaban J connectivity index is 2.32. The van der Waals surface area contributed by atoms with Crippen molar-refractivity contribution in [1.29, 1.82) is 5.26 Å². The Kier molecular flexibility index (Phi) is 4.17. The van der Waals surface area contributed by atoms with E-state index in [1.54, 1.807) is 20.8 Å². The summed E-state index contributed by atoms with van der Waals surface area (Å²) in [6.07, 6.45) is 3.06. The molecule has 0 heterocycles. The van der Waals surface area contributed by atoms with E-state index in [-0.39, 0.29) is 5.75 Å². The molecule has 0 saturated carbocycles. The van der Waals surface area contributed by atoms with Crippen LogP contribution >= 0.6 is 0 Å². The Morgan fingerprint density at radius 3 is 2.57 bits per heavy atom. The van der Waals surface area contributed by atoms with Gasteiger partial charge in [0.15, 0.2) is 9.84 Å². The maximum absolute atomic E-state index is 12.4. The monoisotopic (exact) mass is 305 g/mol. The van der Waals surface area contributed by atoms with Gasteiger partial charge in [0.05, 0.1) is 22.0 Å². The predicted octanol–water partition coefficient (Wildman–Crippen LogP) is 3.39. The van der Waals surface area contributed by atoms with Crippen molar-refractivity contribution in [1.82, 2.24) is 0 Å². The minimum atomic E-state index is -3.20. The summed E-state index contributed by atoms with van der Waals surface area (Å²) < 4.78 is 23.9. The minimum absolute atomic E-state index is 0.0679. The number of rotatable bonds is 3. The van der Waals surface area contributed by atoms with Crippen molar-refractivity contribution < 1.29 is 8.42 Å². The molecule has 0 bridgehead atoms. The molecule has 2 rings (SSSR count). The smallest absolute Gasteiger partial charge is 0.155 e. The summed E-state index contributed by atoms with van der Waals surface area (Å²) in [6, 6.07) is 10.4. The van der Waals surface area contributed by atoms with Crippen LogP contribution in [0.5, 0.6) is 0 Å². The highest BCUT2D eigenvalue weighted by molar-refractivity contribution is 7.92. The second-order valence-corrected chi connectivity index (χ2v) is 9.75. The van der Waals surface area contributed by atoms with Crippen molar-refractivity contribution in [2.45, 2.75) is 56.6 Å². The van der Waals surface area contributed by atoms with Crippen LogP contribution in [-0.2, 0) is 21.7 Å². The molecule has 4 heteroatoms. The molecule has 3 nitrogen and oxygen atoms in total. The van der Waals surface area contributed by atoms with Gasteiger partial charge in [-0.1, -0.05) is 24.3 Å². The normalized spacial score (nSPS) is 22.4. The largest absolute Gasteiger partial charge is 0.228 e. The third-order valence-corrected chi connectivity index (χ3v) is 7.13. The quantitative estimate of drug-likeness (QED) is 0.860. The van der Waals surface area contributed by atoms with Gasteiger partial charge in [-0.25, -0.2) is 8.42 Å². The van der Waals surface area contributed by atoms with Crippen LogP contribution in [0, 0.1) is 11.3 Å². The van der Waals surface area contributed by atoms with Gasteiger partial charge in [-0.15, -0.1) is 0 Å². The van der Waals surface area contributed by atoms with Crippen LogP contribution in [0.25, 0.3) is 0 Å². The summed E-state index contributed by atoms with van der Waals surface area (Å²) in [6.45, 7) is 5.16. The molecule has 0 amide bonds. The molecule has 0 radical (unpaired) electrons. The second kappa shape index (κ2) is 5.46. The van der Waals surface area contributed by atoms with Gasteiger partial charge < -0.3 is 0 Å². The van der Waals surface area contributed by atoms with Gasteiger partial charge in [0.25, 0.3) is 0 Å². The first-order chi connectivity index (χ1) is 9.72. The topological polar surface area (TPSA) is 57.9 Å². The molecule has 0 saturated heterocycles. The molecule has 1 aliphatic carbocycles. The molecule has 0 spiro atoms. The second-order valence-electron chi connectivity index (χ2n) is 6.89. The zero-order valence-corrected chi connectivity index (χ0v) is 13.8. The first-order valence-electron chi connectivity index (χ1n) is 7.44. The zero-order chi connectivity index (χ0) is 15.7. The highest BCUT2D eigenvalue weighted by Crippen LogP contribution is 2.40. The van der Waals surface area contributed by atoms with Gasteiger partial charge in [-0.2, -0.15) is 5.26 Å². The Morgan fingerprint density at radius 2 is 1.95 bits per heavy atom. The summed E-state index contributed by atoms with van der Waals surface area (Å²) in [7, 11) is -3.20. The van der Waals surface area contributed by atoms with Gasteiger partial charge in [0.1, 0.15) is 0 Å². The van der Waals surface area contributed by atoms with E-state index in [0.717, 1.165) is 24.8 Å². The molecule has 1 unspecified atom stereocenters. The molecule has 0 fully saturated rings. The maximum atomic E-state index is 12.4. The first-order valence-corrected chi connectivity index (χ1v) is 9.09. The van der Waals surface area contributed by atoms with Crippen LogP contribution in [-0.4, -0.2) is 18.9 Å². The molecule has 0 aliphatic heterocycles. The van der Waals surface area contributed by atoms with E-state index in [1.165, 1.54) is 5.56 Å². The lowest BCUT2D eigenvalue weighted by Gasteiger charge is -2.34. The average Bonchev–Trinajstić information content (AvgIpc) is 2.44. The van der Waals surface area contributed by atoms with E-state index >= 15 is 0 Å². The fourth-order valence-corrected chi connectivity index (χ4v) is 4.20. The number of fused-ring (bicyclic) bond motifs is 1. The first kappa shape index (κ1) is 16.0. The van der Waals surface area contributed by atoms with Gasteiger partial charge in [-0.05, 0) is 57.6 Å². The van der Waals surface area contributed by atoms with Crippen molar-refractivity contribution in [3.8, 4) is 6.07 Å². The lowest BCUT2D eigenvalue weighted by atomic mass is 9.69. The predicted molar refractivity (Wildman–Crippen MR) is 84.8 cm³/mol. The highest BCUT2D eigenvalue weighted by atomic mass is 32.2. The molecular weight excluding hydrogens is 282 g/mol. The van der Waals surface area contributed by atoms with Crippen LogP contribution in [0.15, 0.2) is 24.3 Å². The van der Waals surface area contributed by atoms with Crippen LogP contribution in [0.1, 0.15) is 51.2 Å². The Bertz CT molecular complexity index is 665. The maximum Gasteiger partial charge on any atom is 0.155 e. The Hall–Kier alpha value is -1.34. The highest BCUT2D eigenvalue weighted by Gasteiger charge is 2.39.